The number of rotatable bonds is 12. The van der Waals surface area contributed by atoms with Gasteiger partial charge >= 0.3 is 0 Å². The fourth-order valence-electron chi connectivity index (χ4n) is 4.54. The van der Waals surface area contributed by atoms with Gasteiger partial charge in [-0.3, -0.25) is 9.10 Å². The number of hydrogen-bond donors (Lipinski definition) is 1. The number of benzene rings is 3. The zero-order valence-corrected chi connectivity index (χ0v) is 24.6. The summed E-state index contributed by atoms with van der Waals surface area (Å²) >= 11 is 6.24. The summed E-state index contributed by atoms with van der Waals surface area (Å²) in [6.07, 6.45) is 0.645. The van der Waals surface area contributed by atoms with Crippen LogP contribution in [0.3, 0.4) is 0 Å². The van der Waals surface area contributed by atoms with Gasteiger partial charge in [0.2, 0.25) is 5.91 Å². The van der Waals surface area contributed by atoms with Crippen LogP contribution in [0.25, 0.3) is 0 Å². The number of amides is 1. The highest BCUT2D eigenvalue weighted by Gasteiger charge is 2.32. The summed E-state index contributed by atoms with van der Waals surface area (Å²) < 4.78 is 44.9. The summed E-state index contributed by atoms with van der Waals surface area (Å²) in [5.41, 5.74) is 1.06. The molecule has 0 bridgehead atoms. The quantitative estimate of drug-likeness (QED) is 0.310. The van der Waals surface area contributed by atoms with Crippen molar-refractivity contribution in [2.24, 2.45) is 0 Å². The smallest absolute Gasteiger partial charge is 0.265 e. The summed E-state index contributed by atoms with van der Waals surface area (Å²) in [6, 6.07) is 18.6. The van der Waals surface area contributed by atoms with Crippen LogP contribution in [0.1, 0.15) is 32.8 Å². The number of sulfonamides is 1. The SMILES string of the molecule is COc1ccc(S(=O)(=O)N(CC(=O)NC(C)CC(C)(C)c2ccccc2)c2cc(Cl)ccc2OC)cc1OC. The monoisotopic (exact) mass is 574 g/mol. The standard InChI is InChI=1S/C29H35ClN2O6S/c1-20(18-29(2,3)21-10-8-7-9-11-21)31-28(33)19-32(24-16-22(30)12-14-25(24)36-4)39(34,35)23-13-15-26(37-5)27(17-23)38-6/h7-17,20H,18-19H2,1-6H3,(H,31,33). The first-order valence-corrected chi connectivity index (χ1v) is 14.2. The Hall–Kier alpha value is -3.43. The van der Waals surface area contributed by atoms with Gasteiger partial charge in [0.1, 0.15) is 12.3 Å². The second-order valence-electron chi connectivity index (χ2n) is 9.77. The maximum atomic E-state index is 14.0. The molecule has 0 spiro atoms. The van der Waals surface area contributed by atoms with Crippen molar-refractivity contribution in [3.8, 4) is 17.2 Å². The Morgan fingerprint density at radius 1 is 0.923 bits per heavy atom. The minimum atomic E-state index is -4.27. The van der Waals surface area contributed by atoms with Crippen LogP contribution in [0.15, 0.2) is 71.6 Å². The summed E-state index contributed by atoms with van der Waals surface area (Å²) in [5.74, 6) is 0.376. The first kappa shape index (κ1) is 30.1. The van der Waals surface area contributed by atoms with Gasteiger partial charge < -0.3 is 19.5 Å². The van der Waals surface area contributed by atoms with E-state index < -0.39 is 22.5 Å². The highest BCUT2D eigenvalue weighted by molar-refractivity contribution is 7.92. The van der Waals surface area contributed by atoms with E-state index in [1.165, 1.54) is 45.6 Å². The van der Waals surface area contributed by atoms with Crippen LogP contribution in [0.4, 0.5) is 5.69 Å². The Morgan fingerprint density at radius 3 is 2.15 bits per heavy atom. The van der Waals surface area contributed by atoms with Gasteiger partial charge in [-0.2, -0.15) is 0 Å². The lowest BCUT2D eigenvalue weighted by molar-refractivity contribution is -0.120. The van der Waals surface area contributed by atoms with E-state index in [0.717, 1.165) is 9.87 Å². The number of ether oxygens (including phenoxy) is 3. The molecule has 0 radical (unpaired) electrons. The Bertz CT molecular complexity index is 1400. The first-order valence-electron chi connectivity index (χ1n) is 12.4. The van der Waals surface area contributed by atoms with E-state index >= 15 is 0 Å². The lowest BCUT2D eigenvalue weighted by atomic mass is 9.79. The van der Waals surface area contributed by atoms with E-state index in [-0.39, 0.29) is 38.6 Å². The molecule has 1 unspecified atom stereocenters. The topological polar surface area (TPSA) is 94.2 Å². The molecule has 3 aromatic carbocycles. The van der Waals surface area contributed by atoms with Crippen molar-refractivity contribution in [3.63, 3.8) is 0 Å². The number of nitrogens with one attached hydrogen (secondary N) is 1. The number of carbonyl (C=O) groups excluding carboxylic acids is 1. The van der Waals surface area contributed by atoms with Crippen molar-refractivity contribution < 1.29 is 27.4 Å². The zero-order valence-electron chi connectivity index (χ0n) is 23.0. The third-order valence-electron chi connectivity index (χ3n) is 6.42. The molecule has 1 amide bonds. The van der Waals surface area contributed by atoms with Crippen LogP contribution >= 0.6 is 11.6 Å². The number of halogens is 1. The number of hydrogen-bond acceptors (Lipinski definition) is 6. The van der Waals surface area contributed by atoms with Crippen molar-refractivity contribution in [1.29, 1.82) is 0 Å². The van der Waals surface area contributed by atoms with Gasteiger partial charge in [0.25, 0.3) is 10.0 Å². The van der Waals surface area contributed by atoms with Crippen molar-refractivity contribution in [2.75, 3.05) is 32.2 Å². The molecule has 39 heavy (non-hydrogen) atoms. The van der Waals surface area contributed by atoms with Gasteiger partial charge in [0.05, 0.1) is 31.9 Å². The van der Waals surface area contributed by atoms with Crippen LogP contribution in [0.2, 0.25) is 5.02 Å². The number of nitrogens with zero attached hydrogens (tertiary/aromatic N) is 1. The lowest BCUT2D eigenvalue weighted by Gasteiger charge is -2.30. The second-order valence-corrected chi connectivity index (χ2v) is 12.1. The van der Waals surface area contributed by atoms with Crippen molar-refractivity contribution in [3.05, 3.63) is 77.3 Å². The minimum Gasteiger partial charge on any atom is -0.495 e. The van der Waals surface area contributed by atoms with Gasteiger partial charge in [-0.1, -0.05) is 55.8 Å². The Kier molecular flexibility index (Phi) is 9.74. The predicted octanol–water partition coefficient (Wildman–Crippen LogP) is 5.43. The van der Waals surface area contributed by atoms with Crippen LogP contribution in [-0.4, -0.2) is 48.2 Å². The first-order chi connectivity index (χ1) is 18.4. The molecule has 0 fully saturated rings. The Balaban J connectivity index is 1.94. The molecule has 0 saturated heterocycles. The molecule has 0 saturated carbocycles. The molecular formula is C29H35ClN2O6S. The van der Waals surface area contributed by atoms with E-state index in [0.29, 0.717) is 12.2 Å². The van der Waals surface area contributed by atoms with E-state index in [1.807, 2.05) is 25.1 Å². The molecule has 1 N–H and O–H groups in total. The lowest BCUT2D eigenvalue weighted by Crippen LogP contribution is -2.45. The number of carbonyl (C=O) groups is 1. The largest absolute Gasteiger partial charge is 0.495 e. The average Bonchev–Trinajstić information content (AvgIpc) is 2.91. The van der Waals surface area contributed by atoms with E-state index in [9.17, 15) is 13.2 Å². The molecule has 10 heteroatoms. The second kappa shape index (κ2) is 12.6. The van der Waals surface area contributed by atoms with Crippen LogP contribution in [0.5, 0.6) is 17.2 Å². The van der Waals surface area contributed by atoms with Crippen molar-refractivity contribution in [1.82, 2.24) is 5.32 Å². The minimum absolute atomic E-state index is 0.0896. The molecule has 0 aliphatic heterocycles. The maximum absolute atomic E-state index is 14.0. The molecule has 0 heterocycles. The maximum Gasteiger partial charge on any atom is 0.265 e. The molecule has 0 aromatic heterocycles. The van der Waals surface area contributed by atoms with E-state index in [1.54, 1.807) is 12.1 Å². The molecule has 8 nitrogen and oxygen atoms in total. The summed E-state index contributed by atoms with van der Waals surface area (Å²) in [4.78, 5) is 13.2. The van der Waals surface area contributed by atoms with E-state index in [2.05, 4.69) is 31.3 Å². The van der Waals surface area contributed by atoms with Gasteiger partial charge in [-0.25, -0.2) is 8.42 Å². The molecule has 210 valence electrons. The van der Waals surface area contributed by atoms with Gasteiger partial charge in [0.15, 0.2) is 11.5 Å². The number of anilines is 1. The van der Waals surface area contributed by atoms with Crippen LogP contribution < -0.4 is 23.8 Å². The average molecular weight is 575 g/mol. The van der Waals surface area contributed by atoms with Gasteiger partial charge in [0, 0.05) is 17.1 Å². The molecule has 0 aliphatic carbocycles. The van der Waals surface area contributed by atoms with Crippen molar-refractivity contribution in [2.45, 2.75) is 43.5 Å². The van der Waals surface area contributed by atoms with Crippen LogP contribution in [0, 0.1) is 0 Å². The van der Waals surface area contributed by atoms with Crippen molar-refractivity contribution >= 4 is 33.2 Å². The highest BCUT2D eigenvalue weighted by Crippen LogP contribution is 2.37. The van der Waals surface area contributed by atoms with Crippen LogP contribution in [-0.2, 0) is 20.2 Å². The third kappa shape index (κ3) is 7.16. The van der Waals surface area contributed by atoms with Gasteiger partial charge in [-0.05, 0) is 54.7 Å². The van der Waals surface area contributed by atoms with Gasteiger partial charge in [-0.15, -0.1) is 0 Å². The molecule has 0 aliphatic rings. The fraction of sp³-hybridized carbons (Fsp3) is 0.345. The Labute approximate surface area is 235 Å². The molecular weight excluding hydrogens is 540 g/mol. The van der Waals surface area contributed by atoms with E-state index in [4.69, 9.17) is 25.8 Å². The Morgan fingerprint density at radius 2 is 1.54 bits per heavy atom. The fourth-order valence-corrected chi connectivity index (χ4v) is 6.14. The highest BCUT2D eigenvalue weighted by atomic mass is 35.5. The summed E-state index contributed by atoms with van der Waals surface area (Å²) in [5, 5.41) is 3.25. The third-order valence-corrected chi connectivity index (χ3v) is 8.41. The normalized spacial score (nSPS) is 12.4. The molecule has 3 aromatic rings. The predicted molar refractivity (Wildman–Crippen MR) is 154 cm³/mol. The summed E-state index contributed by atoms with van der Waals surface area (Å²) in [7, 11) is 0.0193. The molecule has 1 atom stereocenters. The summed E-state index contributed by atoms with van der Waals surface area (Å²) in [6.45, 7) is 5.62. The molecule has 3 rings (SSSR count). The number of methoxy groups -OCH3 is 3. The zero-order chi connectivity index (χ0) is 28.8.